The highest BCUT2D eigenvalue weighted by atomic mass is 19.1. The molecule has 0 spiro atoms. The Kier molecular flexibility index (Phi) is 5.96. The topological polar surface area (TPSA) is 35.2 Å². The molecule has 0 aromatic heterocycles. The van der Waals surface area contributed by atoms with Crippen molar-refractivity contribution < 1.29 is 9.13 Å². The molecule has 0 saturated carbocycles. The van der Waals surface area contributed by atoms with Crippen molar-refractivity contribution in [2.75, 3.05) is 13.2 Å². The lowest BCUT2D eigenvalue weighted by atomic mass is 9.96. The smallest absolute Gasteiger partial charge is 0.126 e. The number of hydrogen-bond donors (Lipinski definition) is 1. The third-order valence-corrected chi connectivity index (χ3v) is 3.91. The minimum atomic E-state index is -0.195. The van der Waals surface area contributed by atoms with Gasteiger partial charge in [-0.2, -0.15) is 0 Å². The number of halogens is 1. The van der Waals surface area contributed by atoms with Crippen molar-refractivity contribution in [3.05, 3.63) is 65.5 Å². The summed E-state index contributed by atoms with van der Waals surface area (Å²) < 4.78 is 19.6. The lowest BCUT2D eigenvalue weighted by Gasteiger charge is -2.16. The summed E-state index contributed by atoms with van der Waals surface area (Å²) in [5.74, 6) is 1.14. The molecule has 2 nitrogen and oxygen atoms in total. The highest BCUT2D eigenvalue weighted by Gasteiger charge is 2.14. The standard InChI is InChI=1S/C19H24FNO/c1-14(2)15-7-9-17(10-8-15)22-12-11-16(13-21)18-5-3-4-6-19(18)20/h3-10,14,16H,11-13,21H2,1-2H3. The van der Waals surface area contributed by atoms with E-state index in [0.29, 0.717) is 31.1 Å². The SMILES string of the molecule is CC(C)c1ccc(OCCC(CN)c2ccccc2F)cc1. The summed E-state index contributed by atoms with van der Waals surface area (Å²) in [5.41, 5.74) is 7.74. The fraction of sp³-hybridized carbons (Fsp3) is 0.368. The Morgan fingerprint density at radius 2 is 1.73 bits per heavy atom. The van der Waals surface area contributed by atoms with E-state index in [2.05, 4.69) is 26.0 Å². The molecular weight excluding hydrogens is 277 g/mol. The van der Waals surface area contributed by atoms with Crippen molar-refractivity contribution in [2.45, 2.75) is 32.1 Å². The number of hydrogen-bond acceptors (Lipinski definition) is 2. The molecule has 1 unspecified atom stereocenters. The molecule has 118 valence electrons. The van der Waals surface area contributed by atoms with E-state index in [0.717, 1.165) is 5.75 Å². The molecule has 0 amide bonds. The molecule has 0 aliphatic heterocycles. The monoisotopic (exact) mass is 301 g/mol. The summed E-state index contributed by atoms with van der Waals surface area (Å²) in [6, 6.07) is 14.9. The fourth-order valence-electron chi connectivity index (χ4n) is 2.47. The molecule has 2 aromatic rings. The lowest BCUT2D eigenvalue weighted by Crippen LogP contribution is -2.16. The van der Waals surface area contributed by atoms with Gasteiger partial charge >= 0.3 is 0 Å². The molecule has 0 fully saturated rings. The molecule has 2 N–H and O–H groups in total. The quantitative estimate of drug-likeness (QED) is 0.819. The lowest BCUT2D eigenvalue weighted by molar-refractivity contribution is 0.297. The highest BCUT2D eigenvalue weighted by Crippen LogP contribution is 2.23. The van der Waals surface area contributed by atoms with E-state index >= 15 is 0 Å². The molecule has 0 saturated heterocycles. The van der Waals surface area contributed by atoms with Crippen molar-refractivity contribution in [3.63, 3.8) is 0 Å². The first-order valence-corrected chi connectivity index (χ1v) is 7.79. The average Bonchev–Trinajstić information content (AvgIpc) is 2.53. The Morgan fingerprint density at radius 1 is 1.05 bits per heavy atom. The summed E-state index contributed by atoms with van der Waals surface area (Å²) >= 11 is 0. The number of rotatable bonds is 7. The van der Waals surface area contributed by atoms with E-state index in [1.165, 1.54) is 11.6 Å². The maximum atomic E-state index is 13.8. The summed E-state index contributed by atoms with van der Waals surface area (Å²) in [7, 11) is 0. The van der Waals surface area contributed by atoms with Crippen LogP contribution in [0.5, 0.6) is 5.75 Å². The molecule has 0 radical (unpaired) electrons. The maximum Gasteiger partial charge on any atom is 0.126 e. The van der Waals surface area contributed by atoms with E-state index in [4.69, 9.17) is 10.5 Å². The second-order valence-electron chi connectivity index (χ2n) is 5.82. The molecule has 0 heterocycles. The first-order valence-electron chi connectivity index (χ1n) is 7.79. The van der Waals surface area contributed by atoms with Gasteiger partial charge < -0.3 is 10.5 Å². The largest absolute Gasteiger partial charge is 0.494 e. The van der Waals surface area contributed by atoms with Gasteiger partial charge in [0.25, 0.3) is 0 Å². The zero-order valence-electron chi connectivity index (χ0n) is 13.3. The Balaban J connectivity index is 1.90. The zero-order valence-corrected chi connectivity index (χ0v) is 13.3. The van der Waals surface area contributed by atoms with Crippen LogP contribution in [0.2, 0.25) is 0 Å². The normalized spacial score (nSPS) is 12.4. The second-order valence-corrected chi connectivity index (χ2v) is 5.82. The minimum Gasteiger partial charge on any atom is -0.494 e. The van der Waals surface area contributed by atoms with Gasteiger partial charge in [-0.1, -0.05) is 44.2 Å². The summed E-state index contributed by atoms with van der Waals surface area (Å²) in [5, 5.41) is 0. The molecular formula is C19H24FNO. The van der Waals surface area contributed by atoms with Gasteiger partial charge in [0.2, 0.25) is 0 Å². The van der Waals surface area contributed by atoms with Crippen LogP contribution in [0.1, 0.15) is 43.2 Å². The molecule has 2 rings (SSSR count). The van der Waals surface area contributed by atoms with E-state index in [-0.39, 0.29) is 11.7 Å². The second kappa shape index (κ2) is 7.95. The van der Waals surface area contributed by atoms with Gasteiger partial charge in [-0.05, 0) is 48.2 Å². The van der Waals surface area contributed by atoms with Crippen molar-refractivity contribution in [1.82, 2.24) is 0 Å². The number of nitrogens with two attached hydrogens (primary N) is 1. The average molecular weight is 301 g/mol. The van der Waals surface area contributed by atoms with Crippen molar-refractivity contribution in [2.24, 2.45) is 5.73 Å². The van der Waals surface area contributed by atoms with E-state index in [9.17, 15) is 4.39 Å². The molecule has 1 atom stereocenters. The third kappa shape index (κ3) is 4.31. The van der Waals surface area contributed by atoms with Gasteiger partial charge in [0, 0.05) is 5.92 Å². The van der Waals surface area contributed by atoms with E-state index in [1.54, 1.807) is 12.1 Å². The van der Waals surface area contributed by atoms with Crippen LogP contribution >= 0.6 is 0 Å². The van der Waals surface area contributed by atoms with Crippen LogP contribution in [0.25, 0.3) is 0 Å². The maximum absolute atomic E-state index is 13.8. The predicted molar refractivity (Wildman–Crippen MR) is 88.8 cm³/mol. The number of ether oxygens (including phenoxy) is 1. The molecule has 3 heteroatoms. The Hall–Kier alpha value is -1.87. The zero-order chi connectivity index (χ0) is 15.9. The summed E-state index contributed by atoms with van der Waals surface area (Å²) in [6.45, 7) is 5.26. The fourth-order valence-corrected chi connectivity index (χ4v) is 2.47. The van der Waals surface area contributed by atoms with Crippen LogP contribution in [0, 0.1) is 5.82 Å². The first-order chi connectivity index (χ1) is 10.6. The van der Waals surface area contributed by atoms with Gasteiger partial charge in [0.15, 0.2) is 0 Å². The molecule has 0 aliphatic carbocycles. The van der Waals surface area contributed by atoms with Gasteiger partial charge in [-0.25, -0.2) is 4.39 Å². The van der Waals surface area contributed by atoms with Crippen molar-refractivity contribution in [1.29, 1.82) is 0 Å². The van der Waals surface area contributed by atoms with Gasteiger partial charge in [-0.3, -0.25) is 0 Å². The van der Waals surface area contributed by atoms with Crippen molar-refractivity contribution >= 4 is 0 Å². The van der Waals surface area contributed by atoms with Crippen LogP contribution < -0.4 is 10.5 Å². The highest BCUT2D eigenvalue weighted by molar-refractivity contribution is 5.29. The van der Waals surface area contributed by atoms with Crippen LogP contribution in [0.15, 0.2) is 48.5 Å². The summed E-state index contributed by atoms with van der Waals surface area (Å²) in [4.78, 5) is 0. The van der Waals surface area contributed by atoms with Gasteiger partial charge in [0.1, 0.15) is 11.6 Å². The van der Waals surface area contributed by atoms with Crippen molar-refractivity contribution in [3.8, 4) is 5.75 Å². The van der Waals surface area contributed by atoms with Crippen LogP contribution in [-0.4, -0.2) is 13.2 Å². The molecule has 0 aliphatic rings. The van der Waals surface area contributed by atoms with Crippen LogP contribution in [0.4, 0.5) is 4.39 Å². The Morgan fingerprint density at radius 3 is 2.32 bits per heavy atom. The van der Waals surface area contributed by atoms with E-state index in [1.807, 2.05) is 18.2 Å². The first kappa shape index (κ1) is 16.5. The molecule has 22 heavy (non-hydrogen) atoms. The Bertz CT molecular complexity index is 580. The Labute approximate surface area is 132 Å². The van der Waals surface area contributed by atoms with Crippen LogP contribution in [0.3, 0.4) is 0 Å². The number of benzene rings is 2. The predicted octanol–water partition coefficient (Wildman–Crippen LogP) is 4.46. The van der Waals surface area contributed by atoms with Gasteiger partial charge in [-0.15, -0.1) is 0 Å². The minimum absolute atomic E-state index is 0.0175. The van der Waals surface area contributed by atoms with E-state index < -0.39 is 0 Å². The third-order valence-electron chi connectivity index (χ3n) is 3.91. The van der Waals surface area contributed by atoms with Gasteiger partial charge in [0.05, 0.1) is 6.61 Å². The molecule has 0 bridgehead atoms. The molecule has 2 aromatic carbocycles. The van der Waals surface area contributed by atoms with Crippen LogP contribution in [-0.2, 0) is 0 Å². The summed E-state index contributed by atoms with van der Waals surface area (Å²) in [6.07, 6.45) is 0.698.